The number of nitrogens with zero attached hydrogens (tertiary/aromatic N) is 4. The fourth-order valence-corrected chi connectivity index (χ4v) is 5.28. The molecule has 1 fully saturated rings. The zero-order valence-electron chi connectivity index (χ0n) is 18.7. The number of aryl methyl sites for hydroxylation is 1. The van der Waals surface area contributed by atoms with Gasteiger partial charge in [-0.15, -0.1) is 11.8 Å². The molecule has 0 radical (unpaired) electrons. The average molecular weight is 498 g/mol. The topological polar surface area (TPSA) is 91.6 Å². The number of carbonyl (C=O) groups is 2. The first-order chi connectivity index (χ1) is 16.4. The lowest BCUT2D eigenvalue weighted by atomic mass is 10.1. The minimum Gasteiger partial charge on any atom is -0.340 e. The van der Waals surface area contributed by atoms with E-state index in [2.05, 4.69) is 20.4 Å². The van der Waals surface area contributed by atoms with Gasteiger partial charge in [0.05, 0.1) is 17.5 Å². The van der Waals surface area contributed by atoms with Crippen molar-refractivity contribution in [2.75, 3.05) is 31.5 Å². The van der Waals surface area contributed by atoms with E-state index in [1.807, 2.05) is 42.2 Å². The SMILES string of the molecule is Cc1ccc(-c2noc(CN3CCN(C(=O)C[C@H]4Sc5ccc(Cl)cc5NC4=O)CC3)n2)cc1. The molecule has 10 heteroatoms. The lowest BCUT2D eigenvalue weighted by Crippen LogP contribution is -2.49. The van der Waals surface area contributed by atoms with Gasteiger partial charge in [-0.3, -0.25) is 14.5 Å². The molecule has 2 aliphatic rings. The van der Waals surface area contributed by atoms with Crippen LogP contribution < -0.4 is 5.32 Å². The molecular weight excluding hydrogens is 474 g/mol. The molecular formula is C24H24ClN5O3S. The number of aromatic nitrogens is 2. The van der Waals surface area contributed by atoms with Crippen molar-refractivity contribution < 1.29 is 14.1 Å². The highest BCUT2D eigenvalue weighted by atomic mass is 35.5. The molecule has 1 aromatic heterocycles. The van der Waals surface area contributed by atoms with E-state index in [0.29, 0.717) is 55.1 Å². The van der Waals surface area contributed by atoms with Gasteiger partial charge in [-0.25, -0.2) is 0 Å². The van der Waals surface area contributed by atoms with Crippen LogP contribution in [-0.4, -0.2) is 63.2 Å². The molecule has 2 amide bonds. The Balaban J connectivity index is 1.12. The van der Waals surface area contributed by atoms with Crippen LogP contribution in [0.2, 0.25) is 5.02 Å². The average Bonchev–Trinajstić information content (AvgIpc) is 3.29. The van der Waals surface area contributed by atoms with Crippen molar-refractivity contribution in [2.45, 2.75) is 30.0 Å². The molecule has 0 saturated carbocycles. The molecule has 8 nitrogen and oxygen atoms in total. The summed E-state index contributed by atoms with van der Waals surface area (Å²) >= 11 is 7.42. The van der Waals surface area contributed by atoms with E-state index in [1.54, 1.807) is 12.1 Å². The molecule has 1 N–H and O–H groups in total. The maximum atomic E-state index is 12.9. The number of anilines is 1. The minimum atomic E-state index is -0.446. The number of halogens is 1. The quantitative estimate of drug-likeness (QED) is 0.572. The smallest absolute Gasteiger partial charge is 0.241 e. The van der Waals surface area contributed by atoms with Crippen LogP contribution in [0, 0.1) is 6.92 Å². The Morgan fingerprint density at radius 2 is 1.94 bits per heavy atom. The Morgan fingerprint density at radius 3 is 2.71 bits per heavy atom. The predicted octanol–water partition coefficient (Wildman–Crippen LogP) is 3.85. The first-order valence-electron chi connectivity index (χ1n) is 11.1. The number of rotatable bonds is 5. The van der Waals surface area contributed by atoms with Gasteiger partial charge < -0.3 is 14.7 Å². The summed E-state index contributed by atoms with van der Waals surface area (Å²) in [6, 6.07) is 13.4. The molecule has 2 aliphatic heterocycles. The minimum absolute atomic E-state index is 0.0100. The van der Waals surface area contributed by atoms with Crippen molar-refractivity contribution in [1.29, 1.82) is 0 Å². The van der Waals surface area contributed by atoms with Gasteiger partial charge in [0.15, 0.2) is 0 Å². The number of thioether (sulfide) groups is 1. The lowest BCUT2D eigenvalue weighted by molar-refractivity contribution is -0.134. The fraction of sp³-hybridized carbons (Fsp3) is 0.333. The largest absolute Gasteiger partial charge is 0.340 e. The van der Waals surface area contributed by atoms with Crippen LogP contribution in [0.4, 0.5) is 5.69 Å². The van der Waals surface area contributed by atoms with Gasteiger partial charge in [0, 0.05) is 48.1 Å². The number of hydrogen-bond donors (Lipinski definition) is 1. The molecule has 0 bridgehead atoms. The van der Waals surface area contributed by atoms with Crippen LogP contribution in [0.1, 0.15) is 17.9 Å². The highest BCUT2D eigenvalue weighted by Crippen LogP contribution is 2.38. The Labute approximate surface area is 206 Å². The van der Waals surface area contributed by atoms with Gasteiger partial charge in [-0.05, 0) is 25.1 Å². The third-order valence-electron chi connectivity index (χ3n) is 5.98. The third kappa shape index (κ3) is 5.11. The number of hydrogen-bond acceptors (Lipinski definition) is 7. The summed E-state index contributed by atoms with van der Waals surface area (Å²) in [5.41, 5.74) is 2.80. The van der Waals surface area contributed by atoms with Gasteiger partial charge >= 0.3 is 0 Å². The first kappa shape index (κ1) is 22.9. The van der Waals surface area contributed by atoms with Crippen LogP contribution in [-0.2, 0) is 16.1 Å². The van der Waals surface area contributed by atoms with Gasteiger partial charge in [-0.2, -0.15) is 4.98 Å². The fourth-order valence-electron chi connectivity index (χ4n) is 4.03. The Kier molecular flexibility index (Phi) is 6.58. The number of fused-ring (bicyclic) bond motifs is 1. The Hall–Kier alpha value is -2.88. The molecule has 3 heterocycles. The van der Waals surface area contributed by atoms with Crippen molar-refractivity contribution >= 4 is 40.9 Å². The Bertz CT molecular complexity index is 1210. The van der Waals surface area contributed by atoms with Crippen LogP contribution in [0.25, 0.3) is 11.4 Å². The highest BCUT2D eigenvalue weighted by Gasteiger charge is 2.32. The first-order valence-corrected chi connectivity index (χ1v) is 12.4. The molecule has 1 saturated heterocycles. The summed E-state index contributed by atoms with van der Waals surface area (Å²) in [5, 5.41) is 7.08. The maximum Gasteiger partial charge on any atom is 0.241 e. The van der Waals surface area contributed by atoms with E-state index in [9.17, 15) is 9.59 Å². The van der Waals surface area contributed by atoms with E-state index in [-0.39, 0.29) is 18.2 Å². The van der Waals surface area contributed by atoms with Gasteiger partial charge in [0.1, 0.15) is 0 Å². The number of piperazine rings is 1. The molecule has 176 valence electrons. The van der Waals surface area contributed by atoms with E-state index in [4.69, 9.17) is 16.1 Å². The van der Waals surface area contributed by atoms with E-state index in [0.717, 1.165) is 10.5 Å². The normalized spacial score (nSPS) is 18.5. The molecule has 5 rings (SSSR count). The van der Waals surface area contributed by atoms with Crippen LogP contribution >= 0.6 is 23.4 Å². The molecule has 2 aromatic carbocycles. The molecule has 34 heavy (non-hydrogen) atoms. The van der Waals surface area contributed by atoms with Crippen molar-refractivity contribution in [3.8, 4) is 11.4 Å². The van der Waals surface area contributed by atoms with Gasteiger partial charge in [0.25, 0.3) is 0 Å². The lowest BCUT2D eigenvalue weighted by Gasteiger charge is -2.35. The van der Waals surface area contributed by atoms with Crippen LogP contribution in [0.5, 0.6) is 0 Å². The number of amides is 2. The zero-order chi connectivity index (χ0) is 23.7. The van der Waals surface area contributed by atoms with E-state index < -0.39 is 5.25 Å². The monoisotopic (exact) mass is 497 g/mol. The van der Waals surface area contributed by atoms with Crippen molar-refractivity contribution in [1.82, 2.24) is 19.9 Å². The molecule has 0 aliphatic carbocycles. The summed E-state index contributed by atoms with van der Waals surface area (Å²) in [4.78, 5) is 34.8. The standard InChI is InChI=1S/C24H24ClN5O3S/c1-15-2-4-16(5-3-15)23-27-21(33-28-23)14-29-8-10-30(11-9-29)22(31)13-20-24(32)26-18-12-17(25)6-7-19(18)34-20/h2-7,12,20H,8-11,13-14H2,1H3,(H,26,32)/t20-/m1/s1. The summed E-state index contributed by atoms with van der Waals surface area (Å²) in [6.45, 7) is 5.19. The zero-order valence-corrected chi connectivity index (χ0v) is 20.2. The third-order valence-corrected chi connectivity index (χ3v) is 7.49. The Morgan fingerprint density at radius 1 is 1.18 bits per heavy atom. The molecule has 1 atom stereocenters. The second-order valence-electron chi connectivity index (χ2n) is 8.48. The molecule has 0 unspecified atom stereocenters. The summed E-state index contributed by atoms with van der Waals surface area (Å²) < 4.78 is 5.44. The van der Waals surface area contributed by atoms with Crippen molar-refractivity contribution in [3.63, 3.8) is 0 Å². The van der Waals surface area contributed by atoms with Gasteiger partial charge in [-0.1, -0.05) is 46.6 Å². The predicted molar refractivity (Wildman–Crippen MR) is 131 cm³/mol. The summed E-state index contributed by atoms with van der Waals surface area (Å²) in [6.07, 6.45) is 0.169. The van der Waals surface area contributed by atoms with Crippen molar-refractivity contribution in [3.05, 3.63) is 58.9 Å². The number of carbonyl (C=O) groups excluding carboxylic acids is 2. The second-order valence-corrected chi connectivity index (χ2v) is 10.2. The highest BCUT2D eigenvalue weighted by molar-refractivity contribution is 8.01. The summed E-state index contributed by atoms with van der Waals surface area (Å²) in [5.74, 6) is 0.969. The summed E-state index contributed by atoms with van der Waals surface area (Å²) in [7, 11) is 0. The van der Waals surface area contributed by atoms with E-state index >= 15 is 0 Å². The second kappa shape index (κ2) is 9.77. The molecule has 0 spiro atoms. The van der Waals surface area contributed by atoms with Crippen LogP contribution in [0.3, 0.4) is 0 Å². The van der Waals surface area contributed by atoms with Crippen LogP contribution in [0.15, 0.2) is 51.9 Å². The number of nitrogens with one attached hydrogen (secondary N) is 1. The maximum absolute atomic E-state index is 12.9. The van der Waals surface area contributed by atoms with E-state index in [1.165, 1.54) is 17.3 Å². The van der Waals surface area contributed by atoms with Gasteiger partial charge in [0.2, 0.25) is 23.5 Å². The van der Waals surface area contributed by atoms with Crippen molar-refractivity contribution in [2.24, 2.45) is 0 Å². The number of benzene rings is 2. The molecule has 3 aromatic rings.